The molecule has 0 atom stereocenters. The summed E-state index contributed by atoms with van der Waals surface area (Å²) in [4.78, 5) is 16.2. The molecule has 0 amide bonds. The Bertz CT molecular complexity index is 173. The van der Waals surface area contributed by atoms with Gasteiger partial charge in [-0.1, -0.05) is 6.92 Å². The van der Waals surface area contributed by atoms with Crippen LogP contribution in [0.25, 0.3) is 0 Å². The lowest BCUT2D eigenvalue weighted by atomic mass is 11.0. The highest BCUT2D eigenvalue weighted by Crippen LogP contribution is 1.75. The summed E-state index contributed by atoms with van der Waals surface area (Å²) in [6.45, 7) is 1.62. The highest BCUT2D eigenvalue weighted by Gasteiger charge is 1.90. The first-order valence-electron chi connectivity index (χ1n) is 2.15. The molecule has 9 heavy (non-hydrogen) atoms. The third kappa shape index (κ3) is 38.4. The van der Waals surface area contributed by atoms with Gasteiger partial charge in [-0.2, -0.15) is 9.59 Å². The minimum atomic E-state index is -2.66. The molecule has 0 N–H and O–H groups in total. The molecule has 0 heterocycles. The van der Waals surface area contributed by atoms with E-state index in [0.29, 0.717) is 0 Å². The molecule has 0 aromatic rings. The molecule has 0 unspecified atom stereocenters. The molecule has 0 rings (SSSR count). The van der Waals surface area contributed by atoms with Gasteiger partial charge in [-0.3, -0.25) is 0 Å². The van der Waals surface area contributed by atoms with E-state index in [1.54, 1.807) is 6.92 Å². The van der Waals surface area contributed by atoms with Crippen molar-refractivity contribution in [2.24, 2.45) is 0 Å². The van der Waals surface area contributed by atoms with Crippen molar-refractivity contribution in [1.82, 2.24) is 0 Å². The molecule has 54 valence electrons. The number of rotatable bonds is 1. The Kier molecular flexibility index (Phi) is 6.78. The van der Waals surface area contributed by atoms with E-state index < -0.39 is 9.84 Å². The fourth-order valence-corrected chi connectivity index (χ4v) is 0. The molecule has 5 heteroatoms. The molecule has 0 aromatic heterocycles. The first-order valence-corrected chi connectivity index (χ1v) is 4.21. The van der Waals surface area contributed by atoms with Gasteiger partial charge < -0.3 is 0 Å². The number of sulfone groups is 1. The zero-order valence-electron chi connectivity index (χ0n) is 5.25. The van der Waals surface area contributed by atoms with Gasteiger partial charge in [-0.25, -0.2) is 8.42 Å². The summed E-state index contributed by atoms with van der Waals surface area (Å²) in [5.74, 6) is 0.243. The Balaban J connectivity index is 0. The third-order valence-corrected chi connectivity index (χ3v) is 1.57. The smallest absolute Gasteiger partial charge is 0.229 e. The number of carbonyl (C=O) groups excluding carboxylic acids is 2. The summed E-state index contributed by atoms with van der Waals surface area (Å²) < 4.78 is 20.0. The van der Waals surface area contributed by atoms with E-state index >= 15 is 0 Å². The second kappa shape index (κ2) is 5.47. The van der Waals surface area contributed by atoms with E-state index in [1.807, 2.05) is 0 Å². The van der Waals surface area contributed by atoms with Gasteiger partial charge in [0.1, 0.15) is 9.84 Å². The van der Waals surface area contributed by atoms with Crippen molar-refractivity contribution < 1.29 is 18.0 Å². The molecule has 0 aliphatic heterocycles. The minimum Gasteiger partial charge on any atom is -0.229 e. The molecule has 0 saturated carbocycles. The van der Waals surface area contributed by atoms with Crippen molar-refractivity contribution in [3.05, 3.63) is 0 Å². The number of hydrogen-bond donors (Lipinski definition) is 0. The molecule has 0 aliphatic rings. The Morgan fingerprint density at radius 1 is 1.33 bits per heavy atom. The van der Waals surface area contributed by atoms with E-state index in [0.717, 1.165) is 0 Å². The summed E-state index contributed by atoms with van der Waals surface area (Å²) in [6.07, 6.45) is 1.47. The van der Waals surface area contributed by atoms with Crippen molar-refractivity contribution in [3.63, 3.8) is 0 Å². The first-order chi connectivity index (χ1) is 3.97. The molecular weight excluding hydrogens is 144 g/mol. The maximum atomic E-state index is 10.0. The van der Waals surface area contributed by atoms with Gasteiger partial charge in [0.15, 0.2) is 0 Å². The molecule has 0 saturated heterocycles. The molecule has 0 fully saturated rings. The Morgan fingerprint density at radius 2 is 1.44 bits per heavy atom. The van der Waals surface area contributed by atoms with Crippen LogP contribution >= 0.6 is 0 Å². The standard InChI is InChI=1S/C3H8O2S.CO2/c1-3-6(2,4)5;2-1-3/h3H2,1-2H3;. The summed E-state index contributed by atoms with van der Waals surface area (Å²) in [6, 6.07) is 0. The fourth-order valence-electron chi connectivity index (χ4n) is 0. The van der Waals surface area contributed by atoms with Crippen molar-refractivity contribution in [1.29, 1.82) is 0 Å². The van der Waals surface area contributed by atoms with Crippen LogP contribution in [-0.4, -0.2) is 26.6 Å². The summed E-state index contributed by atoms with van der Waals surface area (Å²) >= 11 is 0. The maximum absolute atomic E-state index is 10.0. The van der Waals surface area contributed by atoms with E-state index in [9.17, 15) is 8.42 Å². The second-order valence-corrected chi connectivity index (χ2v) is 3.73. The first kappa shape index (κ1) is 11.2. The lowest BCUT2D eigenvalue weighted by Crippen LogP contribution is -1.96. The van der Waals surface area contributed by atoms with E-state index in [1.165, 1.54) is 6.26 Å². The van der Waals surface area contributed by atoms with Crippen LogP contribution in [0.2, 0.25) is 0 Å². The van der Waals surface area contributed by atoms with E-state index in [2.05, 4.69) is 0 Å². The van der Waals surface area contributed by atoms with E-state index in [4.69, 9.17) is 9.59 Å². The van der Waals surface area contributed by atoms with Crippen LogP contribution in [0.5, 0.6) is 0 Å². The van der Waals surface area contributed by atoms with Crippen molar-refractivity contribution in [2.75, 3.05) is 12.0 Å². The zero-order chi connectivity index (χ0) is 7.91. The van der Waals surface area contributed by atoms with Crippen LogP contribution < -0.4 is 0 Å². The van der Waals surface area contributed by atoms with Crippen molar-refractivity contribution >= 4 is 16.0 Å². The molecule has 0 aliphatic carbocycles. The second-order valence-electron chi connectivity index (χ2n) is 1.30. The van der Waals surface area contributed by atoms with E-state index in [-0.39, 0.29) is 11.9 Å². The lowest BCUT2D eigenvalue weighted by Gasteiger charge is -1.81. The summed E-state index contributed by atoms with van der Waals surface area (Å²) in [5.41, 5.74) is 0. The predicted octanol–water partition coefficient (Wildman–Crippen LogP) is -0.533. The average Bonchev–Trinajstić information content (AvgIpc) is 1.67. The normalized spacial score (nSPS) is 8.67. The highest BCUT2D eigenvalue weighted by molar-refractivity contribution is 7.90. The van der Waals surface area contributed by atoms with Crippen molar-refractivity contribution in [2.45, 2.75) is 6.92 Å². The summed E-state index contributed by atoms with van der Waals surface area (Å²) in [7, 11) is -2.66. The molecule has 0 bridgehead atoms. The van der Waals surface area contributed by atoms with Gasteiger partial charge in [0.25, 0.3) is 0 Å². The molecule has 0 aromatic carbocycles. The molecule has 0 spiro atoms. The Morgan fingerprint density at radius 3 is 1.44 bits per heavy atom. The molecule has 0 radical (unpaired) electrons. The van der Waals surface area contributed by atoms with Gasteiger partial charge in [0.2, 0.25) is 0 Å². The van der Waals surface area contributed by atoms with Crippen LogP contribution in [0.3, 0.4) is 0 Å². The monoisotopic (exact) mass is 152 g/mol. The average molecular weight is 152 g/mol. The van der Waals surface area contributed by atoms with Gasteiger partial charge >= 0.3 is 6.15 Å². The van der Waals surface area contributed by atoms with Crippen LogP contribution in [0.4, 0.5) is 0 Å². The lowest BCUT2D eigenvalue weighted by molar-refractivity contribution is -0.191. The van der Waals surface area contributed by atoms with Gasteiger partial charge in [0, 0.05) is 12.0 Å². The molecule has 4 nitrogen and oxygen atoms in total. The Labute approximate surface area is 53.8 Å². The Hall–Kier alpha value is -0.670. The van der Waals surface area contributed by atoms with Gasteiger partial charge in [-0.15, -0.1) is 0 Å². The topological polar surface area (TPSA) is 68.3 Å². The minimum absolute atomic E-state index is 0.243. The van der Waals surface area contributed by atoms with Crippen LogP contribution in [-0.2, 0) is 19.4 Å². The zero-order valence-corrected chi connectivity index (χ0v) is 6.06. The van der Waals surface area contributed by atoms with Gasteiger partial charge in [0.05, 0.1) is 0 Å². The van der Waals surface area contributed by atoms with Gasteiger partial charge in [-0.05, 0) is 0 Å². The third-order valence-electron chi connectivity index (χ3n) is 0.524. The largest absolute Gasteiger partial charge is 0.373 e. The quantitative estimate of drug-likeness (QED) is 0.506. The van der Waals surface area contributed by atoms with Crippen LogP contribution in [0.1, 0.15) is 6.92 Å². The van der Waals surface area contributed by atoms with Crippen LogP contribution in [0.15, 0.2) is 0 Å². The van der Waals surface area contributed by atoms with Crippen molar-refractivity contribution in [3.8, 4) is 0 Å². The fraction of sp³-hybridized carbons (Fsp3) is 0.750. The van der Waals surface area contributed by atoms with Crippen LogP contribution in [0, 0.1) is 0 Å². The SMILES string of the molecule is CCS(C)(=O)=O.O=C=O. The highest BCUT2D eigenvalue weighted by atomic mass is 32.2. The number of hydrogen-bond acceptors (Lipinski definition) is 4. The maximum Gasteiger partial charge on any atom is 0.373 e. The summed E-state index contributed by atoms with van der Waals surface area (Å²) in [5, 5.41) is 0. The predicted molar refractivity (Wildman–Crippen MR) is 30.4 cm³/mol. The molecular formula is C4H8O4S.